The molecule has 0 saturated heterocycles. The monoisotopic (exact) mass is 204 g/mol. The highest BCUT2D eigenvalue weighted by atomic mass is 32.2. The summed E-state index contributed by atoms with van der Waals surface area (Å²) in [5.74, 6) is 2.37. The summed E-state index contributed by atoms with van der Waals surface area (Å²) in [6, 6.07) is 6.14. The van der Waals surface area contributed by atoms with E-state index < -0.39 is 0 Å². The van der Waals surface area contributed by atoms with Gasteiger partial charge in [-0.3, -0.25) is 0 Å². The van der Waals surface area contributed by atoms with Gasteiger partial charge in [-0.1, -0.05) is 6.07 Å². The van der Waals surface area contributed by atoms with Crippen LogP contribution in [0.15, 0.2) is 18.2 Å². The fourth-order valence-corrected chi connectivity index (χ4v) is 3.08. The van der Waals surface area contributed by atoms with E-state index in [1.54, 1.807) is 0 Å². The van der Waals surface area contributed by atoms with Crippen LogP contribution in [0.1, 0.15) is 11.3 Å². The number of hydrogen-bond donors (Lipinski definition) is 2. The van der Waals surface area contributed by atoms with Gasteiger partial charge in [0.25, 0.3) is 0 Å². The minimum Gasteiger partial charge on any atom is -0.399 e. The fraction of sp³-hybridized carbons (Fsp3) is 0.273. The van der Waals surface area contributed by atoms with Crippen molar-refractivity contribution in [2.45, 2.75) is 12.2 Å². The molecule has 2 aromatic rings. The zero-order valence-electron chi connectivity index (χ0n) is 7.84. The molecular formula is C11H12N2S. The van der Waals surface area contributed by atoms with E-state index in [0.29, 0.717) is 0 Å². The first kappa shape index (κ1) is 8.24. The predicted molar refractivity (Wildman–Crippen MR) is 62.6 cm³/mol. The topological polar surface area (TPSA) is 41.8 Å². The Kier molecular flexibility index (Phi) is 1.74. The highest BCUT2D eigenvalue weighted by Gasteiger charge is 2.14. The van der Waals surface area contributed by atoms with Crippen molar-refractivity contribution >= 4 is 28.4 Å². The van der Waals surface area contributed by atoms with Gasteiger partial charge in [0.1, 0.15) is 0 Å². The summed E-state index contributed by atoms with van der Waals surface area (Å²) in [6.45, 7) is 0. The molecule has 3 rings (SSSR count). The Morgan fingerprint density at radius 2 is 2.29 bits per heavy atom. The molecule has 1 aliphatic rings. The molecule has 2 nitrogen and oxygen atoms in total. The Balaban J connectivity index is 2.31. The van der Waals surface area contributed by atoms with E-state index in [4.69, 9.17) is 5.73 Å². The largest absolute Gasteiger partial charge is 0.399 e. The third kappa shape index (κ3) is 1.12. The number of aromatic amines is 1. The molecule has 1 aliphatic heterocycles. The molecule has 0 amide bonds. The van der Waals surface area contributed by atoms with Crippen molar-refractivity contribution in [1.82, 2.24) is 4.98 Å². The van der Waals surface area contributed by atoms with Gasteiger partial charge in [-0.25, -0.2) is 0 Å². The molecule has 0 spiro atoms. The SMILES string of the molecule is Nc1ccc2c3c([nH]c2c1)CCSC3. The first-order valence-electron chi connectivity index (χ1n) is 4.81. The molecule has 0 atom stereocenters. The number of hydrogen-bond acceptors (Lipinski definition) is 2. The third-order valence-electron chi connectivity index (χ3n) is 2.76. The van der Waals surface area contributed by atoms with Crippen LogP contribution in [-0.2, 0) is 12.2 Å². The normalized spacial score (nSPS) is 15.7. The highest BCUT2D eigenvalue weighted by Crippen LogP contribution is 2.31. The fourth-order valence-electron chi connectivity index (χ4n) is 2.06. The molecule has 1 aromatic heterocycles. The number of rotatable bonds is 0. The summed E-state index contributed by atoms with van der Waals surface area (Å²) < 4.78 is 0. The van der Waals surface area contributed by atoms with Crippen LogP contribution in [0.25, 0.3) is 10.9 Å². The summed E-state index contributed by atoms with van der Waals surface area (Å²) in [7, 11) is 0. The number of nitrogens with two attached hydrogens (primary N) is 1. The Labute approximate surface area is 86.9 Å². The zero-order valence-corrected chi connectivity index (χ0v) is 8.66. The number of aromatic nitrogens is 1. The summed E-state index contributed by atoms with van der Waals surface area (Å²) >= 11 is 2.01. The van der Waals surface area contributed by atoms with E-state index in [0.717, 1.165) is 17.9 Å². The summed E-state index contributed by atoms with van der Waals surface area (Å²) in [6.07, 6.45) is 1.16. The van der Waals surface area contributed by atoms with E-state index in [-0.39, 0.29) is 0 Å². The smallest absolute Gasteiger partial charge is 0.0479 e. The van der Waals surface area contributed by atoms with Gasteiger partial charge in [-0.05, 0) is 29.9 Å². The van der Waals surface area contributed by atoms with E-state index >= 15 is 0 Å². The minimum atomic E-state index is 0.837. The lowest BCUT2D eigenvalue weighted by Crippen LogP contribution is -1.99. The minimum absolute atomic E-state index is 0.837. The van der Waals surface area contributed by atoms with Crippen LogP contribution in [0.5, 0.6) is 0 Å². The average Bonchev–Trinajstić information content (AvgIpc) is 2.54. The van der Waals surface area contributed by atoms with Crippen molar-refractivity contribution in [3.8, 4) is 0 Å². The molecule has 14 heavy (non-hydrogen) atoms. The second-order valence-electron chi connectivity index (χ2n) is 3.69. The molecule has 3 heteroatoms. The van der Waals surface area contributed by atoms with Gasteiger partial charge < -0.3 is 10.7 Å². The second-order valence-corrected chi connectivity index (χ2v) is 4.79. The molecular weight excluding hydrogens is 192 g/mol. The number of benzene rings is 1. The molecule has 0 aliphatic carbocycles. The third-order valence-corrected chi connectivity index (χ3v) is 3.75. The number of thioether (sulfide) groups is 1. The van der Waals surface area contributed by atoms with E-state index in [2.05, 4.69) is 11.1 Å². The van der Waals surface area contributed by atoms with Gasteiger partial charge in [0.2, 0.25) is 0 Å². The maximum atomic E-state index is 5.76. The van der Waals surface area contributed by atoms with Crippen LogP contribution in [0, 0.1) is 0 Å². The molecule has 2 heterocycles. The maximum Gasteiger partial charge on any atom is 0.0479 e. The van der Waals surface area contributed by atoms with Crippen molar-refractivity contribution in [3.63, 3.8) is 0 Å². The second kappa shape index (κ2) is 2.95. The number of fused-ring (bicyclic) bond motifs is 3. The van der Waals surface area contributed by atoms with Gasteiger partial charge in [0, 0.05) is 28.0 Å². The zero-order chi connectivity index (χ0) is 9.54. The Hall–Kier alpha value is -1.09. The highest BCUT2D eigenvalue weighted by molar-refractivity contribution is 7.98. The summed E-state index contributed by atoms with van der Waals surface area (Å²) in [5, 5.41) is 1.35. The molecule has 0 unspecified atom stereocenters. The number of anilines is 1. The maximum absolute atomic E-state index is 5.76. The average molecular weight is 204 g/mol. The van der Waals surface area contributed by atoms with Gasteiger partial charge in [-0.15, -0.1) is 0 Å². The number of nitrogen functional groups attached to an aromatic ring is 1. The van der Waals surface area contributed by atoms with Gasteiger partial charge in [0.15, 0.2) is 0 Å². The van der Waals surface area contributed by atoms with Gasteiger partial charge in [-0.2, -0.15) is 11.8 Å². The van der Waals surface area contributed by atoms with Crippen molar-refractivity contribution in [1.29, 1.82) is 0 Å². The molecule has 72 valence electrons. The number of nitrogens with one attached hydrogen (secondary N) is 1. The molecule has 0 bridgehead atoms. The first-order chi connectivity index (χ1) is 6.84. The lowest BCUT2D eigenvalue weighted by Gasteiger charge is -2.09. The lowest BCUT2D eigenvalue weighted by molar-refractivity contribution is 1.04. The van der Waals surface area contributed by atoms with Crippen molar-refractivity contribution in [2.24, 2.45) is 0 Å². The Morgan fingerprint density at radius 1 is 1.36 bits per heavy atom. The molecule has 0 radical (unpaired) electrons. The van der Waals surface area contributed by atoms with Crippen LogP contribution in [0.2, 0.25) is 0 Å². The van der Waals surface area contributed by atoms with Crippen LogP contribution in [0.4, 0.5) is 5.69 Å². The number of H-pyrrole nitrogens is 1. The standard InChI is InChI=1S/C11H12N2S/c12-7-1-2-8-9-6-14-4-3-10(9)13-11(8)5-7/h1-2,5,13H,3-4,6,12H2. The predicted octanol–water partition coefficient (Wildman–Crippen LogP) is 2.54. The Morgan fingerprint density at radius 3 is 3.21 bits per heavy atom. The molecule has 0 fully saturated rings. The van der Waals surface area contributed by atoms with Crippen molar-refractivity contribution < 1.29 is 0 Å². The first-order valence-corrected chi connectivity index (χ1v) is 5.97. The van der Waals surface area contributed by atoms with Crippen LogP contribution >= 0.6 is 11.8 Å². The van der Waals surface area contributed by atoms with E-state index in [9.17, 15) is 0 Å². The van der Waals surface area contributed by atoms with Crippen molar-refractivity contribution in [3.05, 3.63) is 29.5 Å². The van der Waals surface area contributed by atoms with E-state index in [1.165, 1.54) is 27.9 Å². The van der Waals surface area contributed by atoms with Gasteiger partial charge in [0.05, 0.1) is 0 Å². The summed E-state index contributed by atoms with van der Waals surface area (Å²) in [4.78, 5) is 3.46. The number of aryl methyl sites for hydroxylation is 1. The van der Waals surface area contributed by atoms with Crippen LogP contribution in [-0.4, -0.2) is 10.7 Å². The quantitative estimate of drug-likeness (QED) is 0.647. The van der Waals surface area contributed by atoms with Crippen LogP contribution < -0.4 is 5.73 Å². The summed E-state index contributed by atoms with van der Waals surface area (Å²) in [5.41, 5.74) is 10.7. The van der Waals surface area contributed by atoms with E-state index in [1.807, 2.05) is 23.9 Å². The molecule has 0 saturated carbocycles. The van der Waals surface area contributed by atoms with Crippen LogP contribution in [0.3, 0.4) is 0 Å². The molecule has 1 aromatic carbocycles. The Bertz CT molecular complexity index is 487. The molecule has 3 N–H and O–H groups in total. The van der Waals surface area contributed by atoms with Gasteiger partial charge >= 0.3 is 0 Å². The van der Waals surface area contributed by atoms with Crippen molar-refractivity contribution in [2.75, 3.05) is 11.5 Å². The lowest BCUT2D eigenvalue weighted by atomic mass is 10.1.